The second-order valence-electron chi connectivity index (χ2n) is 3.72. The molecule has 1 aromatic carbocycles. The van der Waals surface area contributed by atoms with Gasteiger partial charge >= 0.3 is 5.63 Å². The number of benzene rings is 1. The molecule has 0 spiro atoms. The van der Waals surface area contributed by atoms with Crippen LogP contribution in [0.3, 0.4) is 0 Å². The van der Waals surface area contributed by atoms with Crippen LogP contribution in [0.5, 0.6) is 0 Å². The van der Waals surface area contributed by atoms with E-state index in [0.29, 0.717) is 11.1 Å². The van der Waals surface area contributed by atoms with Crippen LogP contribution >= 0.6 is 0 Å². The topological polar surface area (TPSA) is 43.1 Å². The predicted molar refractivity (Wildman–Crippen MR) is 65.7 cm³/mol. The van der Waals surface area contributed by atoms with E-state index in [2.05, 4.69) is 4.98 Å². The zero-order chi connectivity index (χ0) is 11.7. The fourth-order valence-electron chi connectivity index (χ4n) is 1.79. The van der Waals surface area contributed by atoms with Crippen molar-refractivity contribution in [3.63, 3.8) is 0 Å². The molecule has 0 amide bonds. The van der Waals surface area contributed by atoms with E-state index in [1.165, 1.54) is 0 Å². The SMILES string of the molecule is O=c1oc(-c2ccncc2)cc2ccccc12. The number of nitrogens with zero attached hydrogens (tertiary/aromatic N) is 1. The van der Waals surface area contributed by atoms with Crippen molar-refractivity contribution < 1.29 is 4.42 Å². The summed E-state index contributed by atoms with van der Waals surface area (Å²) in [5, 5.41) is 1.49. The van der Waals surface area contributed by atoms with E-state index >= 15 is 0 Å². The van der Waals surface area contributed by atoms with E-state index in [9.17, 15) is 4.79 Å². The molecule has 0 unspecified atom stereocenters. The second kappa shape index (κ2) is 3.87. The molecule has 0 radical (unpaired) electrons. The Labute approximate surface area is 97.4 Å². The standard InChI is InChI=1S/C14H9NO2/c16-14-12-4-2-1-3-11(12)9-13(17-14)10-5-7-15-8-6-10/h1-9H. The second-order valence-corrected chi connectivity index (χ2v) is 3.72. The van der Waals surface area contributed by atoms with E-state index in [0.717, 1.165) is 10.9 Å². The first-order chi connectivity index (χ1) is 8.34. The molecule has 2 aromatic heterocycles. The van der Waals surface area contributed by atoms with E-state index in [1.54, 1.807) is 18.5 Å². The molecular formula is C14H9NO2. The van der Waals surface area contributed by atoms with Gasteiger partial charge in [-0.15, -0.1) is 0 Å². The molecule has 2 heterocycles. The average Bonchev–Trinajstić information content (AvgIpc) is 2.40. The molecule has 17 heavy (non-hydrogen) atoms. The van der Waals surface area contributed by atoms with Crippen LogP contribution < -0.4 is 5.63 Å². The van der Waals surface area contributed by atoms with Gasteiger partial charge in [0.1, 0.15) is 5.76 Å². The van der Waals surface area contributed by atoms with Gasteiger partial charge in [0.05, 0.1) is 5.39 Å². The van der Waals surface area contributed by atoms with Gasteiger partial charge in [0.15, 0.2) is 0 Å². The minimum absolute atomic E-state index is 0.310. The lowest BCUT2D eigenvalue weighted by Crippen LogP contribution is -1.99. The van der Waals surface area contributed by atoms with E-state index in [1.807, 2.05) is 36.4 Å². The van der Waals surface area contributed by atoms with E-state index in [4.69, 9.17) is 4.42 Å². The van der Waals surface area contributed by atoms with Crippen molar-refractivity contribution in [2.45, 2.75) is 0 Å². The van der Waals surface area contributed by atoms with Gasteiger partial charge in [-0.05, 0) is 29.7 Å². The van der Waals surface area contributed by atoms with Crippen molar-refractivity contribution in [1.29, 1.82) is 0 Å². The molecule has 0 saturated carbocycles. The van der Waals surface area contributed by atoms with Crippen LogP contribution in [-0.2, 0) is 0 Å². The van der Waals surface area contributed by atoms with Crippen molar-refractivity contribution >= 4 is 10.8 Å². The summed E-state index contributed by atoms with van der Waals surface area (Å²) >= 11 is 0. The summed E-state index contributed by atoms with van der Waals surface area (Å²) in [5.41, 5.74) is 0.540. The molecule has 3 nitrogen and oxygen atoms in total. The number of hydrogen-bond donors (Lipinski definition) is 0. The Morgan fingerprint density at radius 1 is 1.00 bits per heavy atom. The molecule has 0 aliphatic carbocycles. The van der Waals surface area contributed by atoms with Gasteiger partial charge in [0.25, 0.3) is 0 Å². The molecule has 0 bridgehead atoms. The lowest BCUT2D eigenvalue weighted by molar-refractivity contribution is 0.534. The highest BCUT2D eigenvalue weighted by Crippen LogP contribution is 2.20. The summed E-state index contributed by atoms with van der Waals surface area (Å²) in [4.78, 5) is 15.7. The Bertz CT molecular complexity index is 717. The summed E-state index contributed by atoms with van der Waals surface area (Å²) in [7, 11) is 0. The first-order valence-corrected chi connectivity index (χ1v) is 5.28. The number of rotatable bonds is 1. The maximum Gasteiger partial charge on any atom is 0.344 e. The summed E-state index contributed by atoms with van der Waals surface area (Å²) in [6.45, 7) is 0. The van der Waals surface area contributed by atoms with Gasteiger partial charge in [0, 0.05) is 18.0 Å². The fraction of sp³-hybridized carbons (Fsp3) is 0. The highest BCUT2D eigenvalue weighted by Gasteiger charge is 2.05. The van der Waals surface area contributed by atoms with Gasteiger partial charge in [-0.1, -0.05) is 18.2 Å². The fourth-order valence-corrected chi connectivity index (χ4v) is 1.79. The Morgan fingerprint density at radius 3 is 2.59 bits per heavy atom. The molecule has 0 saturated heterocycles. The Kier molecular flexibility index (Phi) is 2.22. The van der Waals surface area contributed by atoms with Gasteiger partial charge in [-0.25, -0.2) is 4.79 Å². The van der Waals surface area contributed by atoms with Crippen LogP contribution in [0.1, 0.15) is 0 Å². The summed E-state index contributed by atoms with van der Waals surface area (Å²) in [5.74, 6) is 0.566. The number of aromatic nitrogens is 1. The van der Waals surface area contributed by atoms with Crippen LogP contribution in [0.25, 0.3) is 22.1 Å². The maximum absolute atomic E-state index is 11.8. The predicted octanol–water partition coefficient (Wildman–Crippen LogP) is 2.86. The maximum atomic E-state index is 11.8. The minimum atomic E-state index is -0.310. The number of fused-ring (bicyclic) bond motifs is 1. The molecule has 0 aliphatic rings. The minimum Gasteiger partial charge on any atom is -0.422 e. The molecular weight excluding hydrogens is 214 g/mol. The number of hydrogen-bond acceptors (Lipinski definition) is 3. The third-order valence-corrected chi connectivity index (χ3v) is 2.63. The lowest BCUT2D eigenvalue weighted by atomic mass is 10.1. The first-order valence-electron chi connectivity index (χ1n) is 5.28. The first kappa shape index (κ1) is 9.78. The average molecular weight is 223 g/mol. The molecule has 0 N–H and O–H groups in total. The molecule has 3 heteroatoms. The van der Waals surface area contributed by atoms with E-state index in [-0.39, 0.29) is 5.63 Å². The Hall–Kier alpha value is -2.42. The van der Waals surface area contributed by atoms with Crippen LogP contribution in [-0.4, -0.2) is 4.98 Å². The summed E-state index contributed by atoms with van der Waals surface area (Å²) in [6.07, 6.45) is 3.34. The third kappa shape index (κ3) is 1.72. The lowest BCUT2D eigenvalue weighted by Gasteiger charge is -2.01. The van der Waals surface area contributed by atoms with Crippen LogP contribution in [0.15, 0.2) is 64.1 Å². The molecule has 0 aliphatic heterocycles. The largest absolute Gasteiger partial charge is 0.422 e. The van der Waals surface area contributed by atoms with Gasteiger partial charge < -0.3 is 4.42 Å². The zero-order valence-electron chi connectivity index (χ0n) is 8.96. The molecule has 3 rings (SSSR count). The zero-order valence-corrected chi connectivity index (χ0v) is 8.96. The molecule has 0 atom stereocenters. The van der Waals surface area contributed by atoms with Gasteiger partial charge in [-0.3, -0.25) is 4.98 Å². The van der Waals surface area contributed by atoms with Crippen molar-refractivity contribution in [3.8, 4) is 11.3 Å². The highest BCUT2D eigenvalue weighted by molar-refractivity contribution is 5.83. The van der Waals surface area contributed by atoms with Gasteiger partial charge in [0.2, 0.25) is 0 Å². The smallest absolute Gasteiger partial charge is 0.344 e. The normalized spacial score (nSPS) is 10.6. The Morgan fingerprint density at radius 2 is 1.76 bits per heavy atom. The van der Waals surface area contributed by atoms with Crippen molar-refractivity contribution in [2.75, 3.05) is 0 Å². The third-order valence-electron chi connectivity index (χ3n) is 2.63. The summed E-state index contributed by atoms with van der Waals surface area (Å²) in [6, 6.07) is 12.9. The van der Waals surface area contributed by atoms with Crippen molar-refractivity contribution in [2.24, 2.45) is 0 Å². The number of pyridine rings is 1. The molecule has 3 aromatic rings. The quantitative estimate of drug-likeness (QED) is 0.637. The van der Waals surface area contributed by atoms with Crippen molar-refractivity contribution in [1.82, 2.24) is 4.98 Å². The van der Waals surface area contributed by atoms with Crippen LogP contribution in [0, 0.1) is 0 Å². The van der Waals surface area contributed by atoms with Crippen LogP contribution in [0.2, 0.25) is 0 Å². The van der Waals surface area contributed by atoms with Crippen LogP contribution in [0.4, 0.5) is 0 Å². The monoisotopic (exact) mass is 223 g/mol. The molecule has 82 valence electrons. The van der Waals surface area contributed by atoms with Gasteiger partial charge in [-0.2, -0.15) is 0 Å². The Balaban J connectivity index is 2.30. The van der Waals surface area contributed by atoms with E-state index < -0.39 is 0 Å². The molecule has 0 fully saturated rings. The highest BCUT2D eigenvalue weighted by atomic mass is 16.4. The van der Waals surface area contributed by atoms with Crippen molar-refractivity contribution in [3.05, 3.63) is 65.3 Å². The summed E-state index contributed by atoms with van der Waals surface area (Å²) < 4.78 is 5.29.